The van der Waals surface area contributed by atoms with E-state index in [9.17, 15) is 19.7 Å². The summed E-state index contributed by atoms with van der Waals surface area (Å²) in [5.41, 5.74) is 0.158. The molecule has 0 aliphatic carbocycles. The van der Waals surface area contributed by atoms with Crippen molar-refractivity contribution in [1.29, 1.82) is 0 Å². The summed E-state index contributed by atoms with van der Waals surface area (Å²) in [6.45, 7) is 0.0650. The second kappa shape index (κ2) is 9.69. The van der Waals surface area contributed by atoms with E-state index in [1.165, 1.54) is 24.3 Å². The van der Waals surface area contributed by atoms with Crippen LogP contribution in [0.25, 0.3) is 6.08 Å². The Morgan fingerprint density at radius 1 is 1.35 bits per heavy atom. The van der Waals surface area contributed by atoms with Gasteiger partial charge in [0.05, 0.1) is 4.92 Å². The molecule has 1 amide bonds. The van der Waals surface area contributed by atoms with Crippen molar-refractivity contribution in [3.8, 4) is 0 Å². The largest absolute Gasteiger partial charge is 0.452 e. The molecule has 0 saturated carbocycles. The van der Waals surface area contributed by atoms with Crippen LogP contribution < -0.4 is 5.32 Å². The van der Waals surface area contributed by atoms with Gasteiger partial charge in [-0.3, -0.25) is 14.9 Å². The minimum atomic E-state index is -0.726. The number of nitrogens with zero attached hydrogens (tertiary/aromatic N) is 1. The van der Waals surface area contributed by atoms with Crippen LogP contribution in [0.15, 0.2) is 41.8 Å². The van der Waals surface area contributed by atoms with Crippen molar-refractivity contribution >= 4 is 46.6 Å². The summed E-state index contributed by atoms with van der Waals surface area (Å²) in [4.78, 5) is 34.6. The molecule has 9 heteroatoms. The van der Waals surface area contributed by atoms with E-state index in [2.05, 4.69) is 5.32 Å². The molecule has 0 aliphatic rings. The SMILES string of the molecule is O=C(COC(=O)/C=C/c1ccc(Cl)c([N+](=O)[O-])c1)NCCc1cccs1. The van der Waals surface area contributed by atoms with E-state index in [0.29, 0.717) is 18.5 Å². The summed E-state index contributed by atoms with van der Waals surface area (Å²) in [5, 5.41) is 15.4. The molecule has 136 valence electrons. The molecule has 26 heavy (non-hydrogen) atoms. The van der Waals surface area contributed by atoms with Crippen molar-refractivity contribution in [3.05, 3.63) is 67.4 Å². The molecule has 0 atom stereocenters. The quantitative estimate of drug-likeness (QED) is 0.321. The number of rotatable bonds is 8. The van der Waals surface area contributed by atoms with Crippen LogP contribution in [0.3, 0.4) is 0 Å². The maximum absolute atomic E-state index is 11.6. The van der Waals surface area contributed by atoms with Gasteiger partial charge in [0, 0.05) is 23.6 Å². The molecule has 0 bridgehead atoms. The summed E-state index contributed by atoms with van der Waals surface area (Å²) in [5.74, 6) is -1.12. The van der Waals surface area contributed by atoms with Crippen molar-refractivity contribution < 1.29 is 19.2 Å². The van der Waals surface area contributed by atoms with Crippen molar-refractivity contribution in [3.63, 3.8) is 0 Å². The molecule has 0 saturated heterocycles. The van der Waals surface area contributed by atoms with Crippen molar-refractivity contribution in [2.45, 2.75) is 6.42 Å². The summed E-state index contributed by atoms with van der Waals surface area (Å²) in [7, 11) is 0. The number of hydrogen-bond donors (Lipinski definition) is 1. The van der Waals surface area contributed by atoms with Gasteiger partial charge in [-0.15, -0.1) is 11.3 Å². The van der Waals surface area contributed by atoms with Crippen LogP contribution in [0.1, 0.15) is 10.4 Å². The van der Waals surface area contributed by atoms with Gasteiger partial charge in [-0.1, -0.05) is 23.7 Å². The number of nitro groups is 1. The monoisotopic (exact) mass is 394 g/mol. The van der Waals surface area contributed by atoms with Crippen LogP contribution in [0.2, 0.25) is 5.02 Å². The molecule has 1 aromatic heterocycles. The molecule has 0 unspecified atom stereocenters. The highest BCUT2D eigenvalue weighted by Gasteiger charge is 2.12. The fourth-order valence-corrected chi connectivity index (χ4v) is 2.85. The van der Waals surface area contributed by atoms with Gasteiger partial charge < -0.3 is 10.1 Å². The maximum atomic E-state index is 11.6. The highest BCUT2D eigenvalue weighted by molar-refractivity contribution is 7.09. The Morgan fingerprint density at radius 2 is 2.15 bits per heavy atom. The van der Waals surface area contributed by atoms with Crippen LogP contribution in [0.4, 0.5) is 5.69 Å². The fraction of sp³-hybridized carbons (Fsp3) is 0.176. The number of amides is 1. The summed E-state index contributed by atoms with van der Waals surface area (Å²) < 4.78 is 4.82. The van der Waals surface area contributed by atoms with Gasteiger partial charge in [-0.05, 0) is 35.6 Å². The third-order valence-corrected chi connectivity index (χ3v) is 4.45. The van der Waals surface area contributed by atoms with Gasteiger partial charge in [-0.2, -0.15) is 0 Å². The lowest BCUT2D eigenvalue weighted by Crippen LogP contribution is -2.30. The predicted octanol–water partition coefficient (Wildman–Crippen LogP) is 3.23. The predicted molar refractivity (Wildman–Crippen MR) is 99.1 cm³/mol. The van der Waals surface area contributed by atoms with E-state index in [1.807, 2.05) is 17.5 Å². The Kier molecular flexibility index (Phi) is 7.31. The first-order valence-corrected chi connectivity index (χ1v) is 8.79. The standard InChI is InChI=1S/C17H15ClN2O5S/c18-14-5-3-12(10-15(14)20(23)24)4-6-17(22)25-11-16(21)19-8-7-13-2-1-9-26-13/h1-6,9-10H,7-8,11H2,(H,19,21)/b6-4+. The number of thiophene rings is 1. The molecule has 7 nitrogen and oxygen atoms in total. The van der Waals surface area contributed by atoms with Crippen LogP contribution in [-0.4, -0.2) is 30.0 Å². The number of esters is 1. The lowest BCUT2D eigenvalue weighted by atomic mass is 10.2. The average Bonchev–Trinajstić information content (AvgIpc) is 3.12. The second-order valence-electron chi connectivity index (χ2n) is 5.09. The zero-order valence-corrected chi connectivity index (χ0v) is 15.1. The molecule has 1 aromatic carbocycles. The molecule has 0 radical (unpaired) electrons. The molecular formula is C17H15ClN2O5S. The van der Waals surface area contributed by atoms with Gasteiger partial charge in [0.15, 0.2) is 6.61 Å². The van der Waals surface area contributed by atoms with E-state index in [1.54, 1.807) is 11.3 Å². The number of halogens is 1. The first-order valence-electron chi connectivity index (χ1n) is 7.53. The lowest BCUT2D eigenvalue weighted by Gasteiger charge is -2.04. The molecule has 0 spiro atoms. The maximum Gasteiger partial charge on any atom is 0.331 e. The third kappa shape index (κ3) is 6.30. The van der Waals surface area contributed by atoms with Gasteiger partial charge in [0.1, 0.15) is 5.02 Å². The van der Waals surface area contributed by atoms with Crippen molar-refractivity contribution in [1.82, 2.24) is 5.32 Å². The molecule has 2 aromatic rings. The van der Waals surface area contributed by atoms with Crippen LogP contribution in [0, 0.1) is 10.1 Å². The van der Waals surface area contributed by atoms with Gasteiger partial charge in [0.25, 0.3) is 11.6 Å². The third-order valence-electron chi connectivity index (χ3n) is 3.20. The van der Waals surface area contributed by atoms with E-state index in [4.69, 9.17) is 16.3 Å². The molecule has 0 fully saturated rings. The van der Waals surface area contributed by atoms with Gasteiger partial charge in [-0.25, -0.2) is 4.79 Å². The highest BCUT2D eigenvalue weighted by atomic mass is 35.5. The van der Waals surface area contributed by atoms with E-state index >= 15 is 0 Å². The van der Waals surface area contributed by atoms with E-state index in [0.717, 1.165) is 11.0 Å². The Balaban J connectivity index is 1.75. The normalized spacial score (nSPS) is 10.7. The molecule has 2 rings (SSSR count). The molecule has 1 N–H and O–H groups in total. The number of benzene rings is 1. The lowest BCUT2D eigenvalue weighted by molar-refractivity contribution is -0.384. The summed E-state index contributed by atoms with van der Waals surface area (Å²) >= 11 is 7.32. The van der Waals surface area contributed by atoms with Gasteiger partial charge in [0.2, 0.25) is 0 Å². The Hall–Kier alpha value is -2.71. The zero-order valence-electron chi connectivity index (χ0n) is 13.5. The number of ether oxygens (including phenoxy) is 1. The van der Waals surface area contributed by atoms with E-state index < -0.39 is 23.4 Å². The number of carbonyl (C=O) groups excluding carboxylic acids is 2. The Morgan fingerprint density at radius 3 is 2.85 bits per heavy atom. The summed E-state index contributed by atoms with van der Waals surface area (Å²) in [6, 6.07) is 8.04. The minimum Gasteiger partial charge on any atom is -0.452 e. The zero-order chi connectivity index (χ0) is 18.9. The van der Waals surface area contributed by atoms with Crippen LogP contribution >= 0.6 is 22.9 Å². The smallest absolute Gasteiger partial charge is 0.331 e. The fourth-order valence-electron chi connectivity index (χ4n) is 1.95. The first-order chi connectivity index (χ1) is 12.5. The molecule has 0 aliphatic heterocycles. The second-order valence-corrected chi connectivity index (χ2v) is 6.53. The molecular weight excluding hydrogens is 380 g/mol. The average molecular weight is 395 g/mol. The number of nitrogens with one attached hydrogen (secondary N) is 1. The molecule has 1 heterocycles. The highest BCUT2D eigenvalue weighted by Crippen LogP contribution is 2.25. The van der Waals surface area contributed by atoms with E-state index in [-0.39, 0.29) is 10.7 Å². The topological polar surface area (TPSA) is 98.5 Å². The number of nitro benzene ring substituents is 1. The van der Waals surface area contributed by atoms with Crippen molar-refractivity contribution in [2.75, 3.05) is 13.2 Å². The minimum absolute atomic E-state index is 0.00828. The van der Waals surface area contributed by atoms with Crippen LogP contribution in [-0.2, 0) is 20.7 Å². The van der Waals surface area contributed by atoms with Crippen LogP contribution in [0.5, 0.6) is 0 Å². The first kappa shape index (κ1) is 19.6. The van der Waals surface area contributed by atoms with Gasteiger partial charge >= 0.3 is 5.97 Å². The Labute approximate surface area is 158 Å². The Bertz CT molecular complexity index is 821. The van der Waals surface area contributed by atoms with Crippen molar-refractivity contribution in [2.24, 2.45) is 0 Å². The summed E-state index contributed by atoms with van der Waals surface area (Å²) in [6.07, 6.45) is 3.15. The number of hydrogen-bond acceptors (Lipinski definition) is 6. The number of carbonyl (C=O) groups is 2.